The maximum atomic E-state index is 10.0. The zero-order valence-electron chi connectivity index (χ0n) is 12.3. The maximum Gasteiger partial charge on any atom is 0.164 e. The van der Waals surface area contributed by atoms with Gasteiger partial charge in [-0.05, 0) is 44.2 Å². The highest BCUT2D eigenvalue weighted by Crippen LogP contribution is 2.42. The number of hydrogen-bond donors (Lipinski definition) is 2. The first-order valence-corrected chi connectivity index (χ1v) is 7.00. The van der Waals surface area contributed by atoms with E-state index in [4.69, 9.17) is 9.47 Å². The molecule has 112 valence electrons. The van der Waals surface area contributed by atoms with Crippen LogP contribution < -0.4 is 9.47 Å². The first kappa shape index (κ1) is 14.2. The molecule has 0 amide bonds. The Balaban J connectivity index is 1.98. The summed E-state index contributed by atoms with van der Waals surface area (Å²) in [4.78, 5) is 0. The van der Waals surface area contributed by atoms with Crippen LogP contribution in [0.4, 0.5) is 0 Å². The van der Waals surface area contributed by atoms with Crippen LogP contribution in [0, 0.1) is 11.8 Å². The normalized spacial score (nSPS) is 19.2. The van der Waals surface area contributed by atoms with Crippen molar-refractivity contribution in [3.05, 3.63) is 47.5 Å². The van der Waals surface area contributed by atoms with E-state index in [9.17, 15) is 10.2 Å². The first-order valence-electron chi connectivity index (χ1n) is 7.00. The van der Waals surface area contributed by atoms with Gasteiger partial charge in [0.2, 0.25) is 0 Å². The standard InChI is InChI=1S/C18H16O4/c1-3-4-12-5-8-16-17(9-12)22-18(11(2)21-16)14-7-6-13(19)10-15(14)20/h5-11,18-20H,1-2H3/t11-,18-/m1/s1. The summed E-state index contributed by atoms with van der Waals surface area (Å²) in [6.07, 6.45) is -0.732. The van der Waals surface area contributed by atoms with Gasteiger partial charge in [-0.1, -0.05) is 5.92 Å². The van der Waals surface area contributed by atoms with Gasteiger partial charge in [-0.15, -0.1) is 5.92 Å². The van der Waals surface area contributed by atoms with E-state index in [1.807, 2.05) is 25.1 Å². The summed E-state index contributed by atoms with van der Waals surface area (Å²) in [7, 11) is 0. The molecule has 2 aromatic carbocycles. The summed E-state index contributed by atoms with van der Waals surface area (Å²) in [5, 5.41) is 19.4. The molecule has 0 saturated heterocycles. The summed E-state index contributed by atoms with van der Waals surface area (Å²) in [6.45, 7) is 3.65. The summed E-state index contributed by atoms with van der Waals surface area (Å²) < 4.78 is 11.9. The molecule has 0 saturated carbocycles. The highest BCUT2D eigenvalue weighted by Gasteiger charge is 2.31. The van der Waals surface area contributed by atoms with Crippen molar-refractivity contribution in [2.24, 2.45) is 0 Å². The zero-order valence-corrected chi connectivity index (χ0v) is 12.3. The van der Waals surface area contributed by atoms with Crippen LogP contribution in [0.3, 0.4) is 0 Å². The molecule has 0 radical (unpaired) electrons. The van der Waals surface area contributed by atoms with E-state index < -0.39 is 6.10 Å². The van der Waals surface area contributed by atoms with Gasteiger partial charge in [0.15, 0.2) is 17.6 Å². The highest BCUT2D eigenvalue weighted by molar-refractivity contribution is 5.50. The Bertz CT molecular complexity index is 770. The summed E-state index contributed by atoms with van der Waals surface area (Å²) in [5.74, 6) is 7.05. The van der Waals surface area contributed by atoms with Crippen molar-refractivity contribution in [3.8, 4) is 34.8 Å². The number of hydrogen-bond acceptors (Lipinski definition) is 4. The Morgan fingerprint density at radius 2 is 1.82 bits per heavy atom. The molecular formula is C18H16O4. The molecular weight excluding hydrogens is 280 g/mol. The lowest BCUT2D eigenvalue weighted by molar-refractivity contribution is 0.0293. The van der Waals surface area contributed by atoms with Crippen LogP contribution in [0.25, 0.3) is 0 Å². The van der Waals surface area contributed by atoms with Crippen molar-refractivity contribution < 1.29 is 19.7 Å². The van der Waals surface area contributed by atoms with E-state index >= 15 is 0 Å². The van der Waals surface area contributed by atoms with Gasteiger partial charge in [0, 0.05) is 17.2 Å². The molecule has 0 aromatic heterocycles. The second-order valence-electron chi connectivity index (χ2n) is 5.14. The monoisotopic (exact) mass is 296 g/mol. The predicted molar refractivity (Wildman–Crippen MR) is 82.2 cm³/mol. The Kier molecular flexibility index (Phi) is 3.56. The van der Waals surface area contributed by atoms with Gasteiger partial charge in [-0.3, -0.25) is 0 Å². The number of benzene rings is 2. The topological polar surface area (TPSA) is 58.9 Å². The third-order valence-corrected chi connectivity index (χ3v) is 3.53. The van der Waals surface area contributed by atoms with Gasteiger partial charge in [-0.2, -0.15) is 0 Å². The maximum absolute atomic E-state index is 10.0. The lowest BCUT2D eigenvalue weighted by Gasteiger charge is -2.32. The second-order valence-corrected chi connectivity index (χ2v) is 5.14. The molecule has 22 heavy (non-hydrogen) atoms. The number of phenols is 2. The van der Waals surface area contributed by atoms with E-state index in [1.54, 1.807) is 13.0 Å². The smallest absolute Gasteiger partial charge is 0.164 e. The average molecular weight is 296 g/mol. The van der Waals surface area contributed by atoms with E-state index in [-0.39, 0.29) is 17.6 Å². The minimum absolute atomic E-state index is 0.00605. The van der Waals surface area contributed by atoms with Crippen LogP contribution in [-0.4, -0.2) is 16.3 Å². The van der Waals surface area contributed by atoms with E-state index in [1.165, 1.54) is 12.1 Å². The van der Waals surface area contributed by atoms with Gasteiger partial charge in [-0.25, -0.2) is 0 Å². The van der Waals surface area contributed by atoms with Crippen LogP contribution in [-0.2, 0) is 0 Å². The average Bonchev–Trinajstić information content (AvgIpc) is 2.48. The quantitative estimate of drug-likeness (QED) is 0.792. The number of rotatable bonds is 1. The Hall–Kier alpha value is -2.80. The summed E-state index contributed by atoms with van der Waals surface area (Å²) in [5.41, 5.74) is 1.41. The van der Waals surface area contributed by atoms with Gasteiger partial charge < -0.3 is 19.7 Å². The molecule has 2 aromatic rings. The van der Waals surface area contributed by atoms with Crippen LogP contribution >= 0.6 is 0 Å². The molecule has 2 N–H and O–H groups in total. The lowest BCUT2D eigenvalue weighted by atomic mass is 10.0. The molecule has 1 aliphatic rings. The van der Waals surface area contributed by atoms with Gasteiger partial charge in [0.25, 0.3) is 0 Å². The second kappa shape index (κ2) is 5.53. The minimum Gasteiger partial charge on any atom is -0.508 e. The fraction of sp³-hybridized carbons (Fsp3) is 0.222. The van der Waals surface area contributed by atoms with Crippen LogP contribution in [0.1, 0.15) is 31.1 Å². The van der Waals surface area contributed by atoms with Crippen molar-refractivity contribution in [2.45, 2.75) is 26.1 Å². The predicted octanol–water partition coefficient (Wildman–Crippen LogP) is 3.37. The molecule has 1 aliphatic heterocycles. The molecule has 3 rings (SSSR count). The number of phenolic OH excluding ortho intramolecular Hbond substituents is 2. The Labute approximate surface area is 128 Å². The van der Waals surface area contributed by atoms with Gasteiger partial charge in [0.05, 0.1) is 0 Å². The lowest BCUT2D eigenvalue weighted by Crippen LogP contribution is -2.30. The first-order chi connectivity index (χ1) is 10.6. The molecule has 2 atom stereocenters. The van der Waals surface area contributed by atoms with Crippen molar-refractivity contribution in [1.82, 2.24) is 0 Å². The van der Waals surface area contributed by atoms with E-state index in [2.05, 4.69) is 11.8 Å². The molecule has 0 fully saturated rings. The van der Waals surface area contributed by atoms with Gasteiger partial charge in [0.1, 0.15) is 17.6 Å². The van der Waals surface area contributed by atoms with Crippen LogP contribution in [0.2, 0.25) is 0 Å². The largest absolute Gasteiger partial charge is 0.508 e. The molecule has 0 bridgehead atoms. The fourth-order valence-electron chi connectivity index (χ4n) is 2.50. The highest BCUT2D eigenvalue weighted by atomic mass is 16.6. The summed E-state index contributed by atoms with van der Waals surface area (Å²) >= 11 is 0. The van der Waals surface area contributed by atoms with Crippen LogP contribution in [0.15, 0.2) is 36.4 Å². The number of fused-ring (bicyclic) bond motifs is 1. The molecule has 4 heteroatoms. The molecule has 0 aliphatic carbocycles. The molecule has 1 heterocycles. The van der Waals surface area contributed by atoms with Crippen molar-refractivity contribution in [1.29, 1.82) is 0 Å². The van der Waals surface area contributed by atoms with E-state index in [0.717, 1.165) is 5.56 Å². The number of ether oxygens (including phenoxy) is 2. The Morgan fingerprint density at radius 3 is 2.55 bits per heavy atom. The zero-order chi connectivity index (χ0) is 15.7. The van der Waals surface area contributed by atoms with Crippen LogP contribution in [0.5, 0.6) is 23.0 Å². The van der Waals surface area contributed by atoms with Crippen molar-refractivity contribution in [3.63, 3.8) is 0 Å². The molecule has 0 unspecified atom stereocenters. The van der Waals surface area contributed by atoms with E-state index in [0.29, 0.717) is 17.1 Å². The van der Waals surface area contributed by atoms with Crippen molar-refractivity contribution in [2.75, 3.05) is 0 Å². The molecule has 0 spiro atoms. The number of aromatic hydroxyl groups is 2. The fourth-order valence-corrected chi connectivity index (χ4v) is 2.50. The van der Waals surface area contributed by atoms with Gasteiger partial charge >= 0.3 is 0 Å². The minimum atomic E-state index is -0.460. The third-order valence-electron chi connectivity index (χ3n) is 3.53. The Morgan fingerprint density at radius 1 is 1.00 bits per heavy atom. The summed E-state index contributed by atoms with van der Waals surface area (Å²) in [6, 6.07) is 9.97. The SMILES string of the molecule is CC#Cc1ccc2c(c1)O[C@@H](c1ccc(O)cc1O)[C@@H](C)O2. The molecule has 4 nitrogen and oxygen atoms in total. The third kappa shape index (κ3) is 2.53. The van der Waals surface area contributed by atoms with Crippen molar-refractivity contribution >= 4 is 0 Å².